The number of fused-ring (bicyclic) bond motifs is 1. The molecule has 2 heterocycles. The molecule has 0 N–H and O–H groups in total. The van der Waals surface area contributed by atoms with Crippen molar-refractivity contribution in [1.29, 1.82) is 0 Å². The molecule has 1 aromatic heterocycles. The second-order valence-corrected chi connectivity index (χ2v) is 9.56. The first-order valence-electron chi connectivity index (χ1n) is 11.4. The van der Waals surface area contributed by atoms with Gasteiger partial charge >= 0.3 is 0 Å². The van der Waals surface area contributed by atoms with Gasteiger partial charge in [0, 0.05) is 41.5 Å². The third-order valence-electron chi connectivity index (χ3n) is 6.25. The van der Waals surface area contributed by atoms with E-state index in [-0.39, 0.29) is 12.2 Å². The normalized spacial score (nSPS) is 18.3. The van der Waals surface area contributed by atoms with Crippen molar-refractivity contribution in [2.24, 2.45) is 0 Å². The maximum Gasteiger partial charge on any atom is 0.137 e. The van der Waals surface area contributed by atoms with Gasteiger partial charge in [-0.05, 0) is 55.3 Å². The molecule has 0 amide bonds. The van der Waals surface area contributed by atoms with Crippen LogP contribution in [0.25, 0.3) is 33.2 Å². The average Bonchev–Trinajstić information content (AvgIpc) is 2.84. The molecule has 0 aliphatic carbocycles. The van der Waals surface area contributed by atoms with E-state index in [1.165, 1.54) is 5.69 Å². The van der Waals surface area contributed by atoms with Crippen LogP contribution in [0.15, 0.2) is 66.9 Å². The minimum absolute atomic E-state index is 0.220. The molecule has 3 aromatic carbocycles. The molecule has 2 unspecified atom stereocenters. The predicted molar refractivity (Wildman–Crippen MR) is 141 cm³/mol. The number of ether oxygens (including phenoxy) is 2. The Morgan fingerprint density at radius 1 is 0.882 bits per heavy atom. The van der Waals surface area contributed by atoms with E-state index in [0.29, 0.717) is 10.0 Å². The molecule has 5 rings (SSSR count). The molecule has 34 heavy (non-hydrogen) atoms. The van der Waals surface area contributed by atoms with Crippen LogP contribution in [0.5, 0.6) is 5.75 Å². The predicted octanol–water partition coefficient (Wildman–Crippen LogP) is 7.50. The van der Waals surface area contributed by atoms with E-state index in [1.54, 1.807) is 13.2 Å². The summed E-state index contributed by atoms with van der Waals surface area (Å²) in [4.78, 5) is 7.22. The fourth-order valence-corrected chi connectivity index (χ4v) is 5.06. The van der Waals surface area contributed by atoms with Crippen LogP contribution in [0.4, 0.5) is 5.69 Å². The third-order valence-corrected chi connectivity index (χ3v) is 6.98. The first kappa shape index (κ1) is 23.0. The van der Waals surface area contributed by atoms with Crippen molar-refractivity contribution in [3.63, 3.8) is 0 Å². The molecule has 1 aliphatic rings. The van der Waals surface area contributed by atoms with Crippen LogP contribution in [0.1, 0.15) is 13.8 Å². The second kappa shape index (κ2) is 9.46. The van der Waals surface area contributed by atoms with Crippen molar-refractivity contribution in [1.82, 2.24) is 4.98 Å². The van der Waals surface area contributed by atoms with Gasteiger partial charge in [-0.2, -0.15) is 0 Å². The summed E-state index contributed by atoms with van der Waals surface area (Å²) in [5.74, 6) is 0.799. The minimum Gasteiger partial charge on any atom is -0.495 e. The first-order valence-corrected chi connectivity index (χ1v) is 12.1. The van der Waals surface area contributed by atoms with Crippen LogP contribution in [0.2, 0.25) is 10.0 Å². The molecule has 1 saturated heterocycles. The molecule has 0 radical (unpaired) electrons. The number of methoxy groups -OCH3 is 1. The van der Waals surface area contributed by atoms with Gasteiger partial charge in [0.15, 0.2) is 0 Å². The lowest BCUT2D eigenvalue weighted by Gasteiger charge is -2.36. The van der Waals surface area contributed by atoms with E-state index < -0.39 is 0 Å². The zero-order valence-electron chi connectivity index (χ0n) is 19.4. The number of benzene rings is 3. The molecule has 174 valence electrons. The number of rotatable bonds is 4. The molecular weight excluding hydrogens is 467 g/mol. The van der Waals surface area contributed by atoms with Crippen molar-refractivity contribution in [3.05, 3.63) is 76.9 Å². The molecule has 6 heteroatoms. The zero-order chi connectivity index (χ0) is 23.8. The van der Waals surface area contributed by atoms with Crippen LogP contribution in [0.3, 0.4) is 0 Å². The van der Waals surface area contributed by atoms with Crippen LogP contribution in [0, 0.1) is 0 Å². The Labute approximate surface area is 210 Å². The molecular formula is C28H26Cl2N2O2. The summed E-state index contributed by atoms with van der Waals surface area (Å²) in [6, 6.07) is 20.3. The van der Waals surface area contributed by atoms with Crippen molar-refractivity contribution in [2.45, 2.75) is 26.1 Å². The summed E-state index contributed by atoms with van der Waals surface area (Å²) in [6.07, 6.45) is 2.33. The summed E-state index contributed by atoms with van der Waals surface area (Å²) in [5, 5.41) is 2.00. The highest BCUT2D eigenvalue weighted by molar-refractivity contribution is 6.42. The highest BCUT2D eigenvalue weighted by Gasteiger charge is 2.22. The molecule has 1 fully saturated rings. The Bertz CT molecular complexity index is 1330. The number of hydrogen-bond donors (Lipinski definition) is 0. The smallest absolute Gasteiger partial charge is 0.137 e. The highest BCUT2D eigenvalue weighted by Crippen LogP contribution is 2.40. The van der Waals surface area contributed by atoms with E-state index in [0.717, 1.165) is 52.0 Å². The molecule has 0 saturated carbocycles. The van der Waals surface area contributed by atoms with Gasteiger partial charge in [0.05, 0.1) is 34.9 Å². The van der Waals surface area contributed by atoms with Gasteiger partial charge in [0.2, 0.25) is 0 Å². The van der Waals surface area contributed by atoms with Crippen LogP contribution >= 0.6 is 23.2 Å². The van der Waals surface area contributed by atoms with Crippen LogP contribution in [-0.4, -0.2) is 37.4 Å². The number of halogens is 2. The van der Waals surface area contributed by atoms with Gasteiger partial charge in [-0.25, -0.2) is 0 Å². The van der Waals surface area contributed by atoms with Gasteiger partial charge < -0.3 is 14.4 Å². The van der Waals surface area contributed by atoms with Gasteiger partial charge in [-0.1, -0.05) is 53.5 Å². The van der Waals surface area contributed by atoms with E-state index in [1.807, 2.05) is 36.5 Å². The number of pyridine rings is 1. The fourth-order valence-electron chi connectivity index (χ4n) is 4.76. The summed E-state index contributed by atoms with van der Waals surface area (Å²) in [6.45, 7) is 6.02. The quantitative estimate of drug-likeness (QED) is 0.295. The van der Waals surface area contributed by atoms with Crippen molar-refractivity contribution in [2.75, 3.05) is 25.1 Å². The Hall–Kier alpha value is -2.79. The van der Waals surface area contributed by atoms with Gasteiger partial charge in [-0.3, -0.25) is 4.98 Å². The van der Waals surface area contributed by atoms with Crippen LogP contribution < -0.4 is 9.64 Å². The molecule has 0 bridgehead atoms. The number of aromatic nitrogens is 1. The number of anilines is 1. The number of para-hydroxylation sites is 1. The molecule has 2 atom stereocenters. The molecule has 1 aliphatic heterocycles. The van der Waals surface area contributed by atoms with Crippen molar-refractivity contribution in [3.8, 4) is 28.0 Å². The summed E-state index contributed by atoms with van der Waals surface area (Å²) >= 11 is 12.4. The largest absolute Gasteiger partial charge is 0.495 e. The summed E-state index contributed by atoms with van der Waals surface area (Å²) < 4.78 is 11.8. The number of hydrogen-bond acceptors (Lipinski definition) is 4. The Morgan fingerprint density at radius 2 is 1.59 bits per heavy atom. The number of morpholine rings is 1. The topological polar surface area (TPSA) is 34.6 Å². The minimum atomic E-state index is 0.220. The van der Waals surface area contributed by atoms with E-state index in [9.17, 15) is 0 Å². The maximum absolute atomic E-state index is 6.28. The maximum atomic E-state index is 6.28. The fraction of sp³-hybridized carbons (Fsp3) is 0.250. The number of nitrogens with zero attached hydrogens (tertiary/aromatic N) is 2. The standard InChI is InChI=1S/C28H26Cl2N2O2/c1-17-15-32(16-18(2)34-17)21-10-7-19(8-11-21)24-14-31-27-22(5-4-6-23(27)28(24)33-3)20-9-12-25(29)26(30)13-20/h4-14,17-18H,15-16H2,1-3H3. The van der Waals surface area contributed by atoms with Gasteiger partial charge in [-0.15, -0.1) is 0 Å². The Kier molecular flexibility index (Phi) is 6.39. The SMILES string of the molecule is COc1c(-c2ccc(N3CC(C)OC(C)C3)cc2)cnc2c(-c3ccc(Cl)c(Cl)c3)cccc12. The van der Waals surface area contributed by atoms with Gasteiger partial charge in [0.25, 0.3) is 0 Å². The lowest BCUT2D eigenvalue weighted by molar-refractivity contribution is -0.00521. The second-order valence-electron chi connectivity index (χ2n) is 8.74. The monoisotopic (exact) mass is 492 g/mol. The Balaban J connectivity index is 1.54. The lowest BCUT2D eigenvalue weighted by Crippen LogP contribution is -2.45. The average molecular weight is 493 g/mol. The highest BCUT2D eigenvalue weighted by atomic mass is 35.5. The summed E-state index contributed by atoms with van der Waals surface area (Å²) in [7, 11) is 1.70. The summed E-state index contributed by atoms with van der Waals surface area (Å²) in [5.41, 5.74) is 6.00. The van der Waals surface area contributed by atoms with Crippen molar-refractivity contribution < 1.29 is 9.47 Å². The third kappa shape index (κ3) is 4.34. The lowest BCUT2D eigenvalue weighted by atomic mass is 9.98. The van der Waals surface area contributed by atoms with Crippen molar-refractivity contribution >= 4 is 39.8 Å². The zero-order valence-corrected chi connectivity index (χ0v) is 20.9. The first-order chi connectivity index (χ1) is 16.4. The van der Waals surface area contributed by atoms with E-state index in [2.05, 4.69) is 43.0 Å². The van der Waals surface area contributed by atoms with Gasteiger partial charge in [0.1, 0.15) is 5.75 Å². The van der Waals surface area contributed by atoms with Crippen LogP contribution in [-0.2, 0) is 4.74 Å². The molecule has 4 aromatic rings. The Morgan fingerprint density at radius 3 is 2.26 bits per heavy atom. The van der Waals surface area contributed by atoms with E-state index in [4.69, 9.17) is 37.7 Å². The molecule has 0 spiro atoms. The molecule has 4 nitrogen and oxygen atoms in total. The van der Waals surface area contributed by atoms with E-state index >= 15 is 0 Å².